The Hall–Kier alpha value is -4.31. The van der Waals surface area contributed by atoms with Gasteiger partial charge in [0, 0.05) is 30.1 Å². The van der Waals surface area contributed by atoms with Crippen LogP contribution >= 0.6 is 11.3 Å². The van der Waals surface area contributed by atoms with Crippen molar-refractivity contribution in [1.29, 1.82) is 0 Å². The number of benzene rings is 2. The zero-order valence-corrected chi connectivity index (χ0v) is 23.4. The number of ether oxygens (including phenoxy) is 1. The molecule has 2 aromatic carbocycles. The fourth-order valence-corrected chi connectivity index (χ4v) is 5.32. The summed E-state index contributed by atoms with van der Waals surface area (Å²) >= 11 is 1.67. The van der Waals surface area contributed by atoms with Gasteiger partial charge < -0.3 is 20.9 Å². The van der Waals surface area contributed by atoms with Gasteiger partial charge in [0.1, 0.15) is 0 Å². The maximum atomic E-state index is 13.0. The van der Waals surface area contributed by atoms with Gasteiger partial charge in [-0.15, -0.1) is 11.3 Å². The summed E-state index contributed by atoms with van der Waals surface area (Å²) in [6, 6.07) is 19.4. The average Bonchev–Trinajstić information content (AvgIpc) is 3.46. The molecule has 10 heteroatoms. The van der Waals surface area contributed by atoms with Crippen molar-refractivity contribution in [2.24, 2.45) is 11.7 Å². The van der Waals surface area contributed by atoms with Gasteiger partial charge in [-0.1, -0.05) is 54.6 Å². The number of aliphatic carboxylic acids is 1. The van der Waals surface area contributed by atoms with Crippen LogP contribution in [-0.2, 0) is 35.1 Å². The van der Waals surface area contributed by atoms with Crippen LogP contribution in [0.4, 0.5) is 0 Å². The number of carboxylic acids is 1. The monoisotopic (exact) mass is 578 g/mol. The minimum atomic E-state index is -1.10. The van der Waals surface area contributed by atoms with E-state index in [0.717, 1.165) is 27.1 Å². The molecule has 216 valence electrons. The SMILES string of the molecule is NC(=O)[C@H](CCC(=O)O)CC(=O)[C@H](CCCOC=O)NC(=O)CCc1ccc(-c2cc(-c3ccccc3)cs2)cc1. The van der Waals surface area contributed by atoms with Crippen LogP contribution in [0.1, 0.15) is 44.1 Å². The van der Waals surface area contributed by atoms with Crippen LogP contribution in [0.15, 0.2) is 66.0 Å². The third kappa shape index (κ3) is 10.3. The molecule has 4 N–H and O–H groups in total. The van der Waals surface area contributed by atoms with Gasteiger partial charge in [-0.05, 0) is 59.4 Å². The smallest absolute Gasteiger partial charge is 0.303 e. The van der Waals surface area contributed by atoms with Crippen molar-refractivity contribution in [2.45, 2.75) is 51.0 Å². The predicted molar refractivity (Wildman–Crippen MR) is 156 cm³/mol. The normalized spacial score (nSPS) is 12.2. The third-order valence-electron chi connectivity index (χ3n) is 6.69. The van der Waals surface area contributed by atoms with Gasteiger partial charge in [0.2, 0.25) is 11.8 Å². The van der Waals surface area contributed by atoms with E-state index in [4.69, 9.17) is 10.8 Å². The van der Waals surface area contributed by atoms with E-state index in [9.17, 15) is 24.0 Å². The molecule has 2 amide bonds. The van der Waals surface area contributed by atoms with Gasteiger partial charge in [-0.3, -0.25) is 24.0 Å². The zero-order chi connectivity index (χ0) is 29.6. The standard InChI is InChI=1S/C31H34N2O7S/c32-31(39)24(13-15-30(37)38)17-27(35)26(7-4-16-40-20-34)33-29(36)14-10-21-8-11-23(12-9-21)28-18-25(19-41-28)22-5-2-1-3-6-22/h1-3,5-6,8-9,11-12,18-20,24,26H,4,7,10,13-17H2,(H2,32,39)(H,33,36)(H,37,38)/t24-,26+/m1/s1. The third-order valence-corrected chi connectivity index (χ3v) is 7.67. The van der Waals surface area contributed by atoms with Crippen LogP contribution in [0.5, 0.6) is 0 Å². The molecular formula is C31H34N2O7S. The fraction of sp³-hybridized carbons (Fsp3) is 0.323. The lowest BCUT2D eigenvalue weighted by atomic mass is 9.92. The summed E-state index contributed by atoms with van der Waals surface area (Å²) in [5.74, 6) is -3.57. The van der Waals surface area contributed by atoms with E-state index in [1.165, 1.54) is 0 Å². The summed E-state index contributed by atoms with van der Waals surface area (Å²) in [5, 5.41) is 13.8. The summed E-state index contributed by atoms with van der Waals surface area (Å²) in [4.78, 5) is 60.0. The van der Waals surface area contributed by atoms with Gasteiger partial charge in [0.05, 0.1) is 12.6 Å². The minimum Gasteiger partial charge on any atom is -0.481 e. The Bertz CT molecular complexity index is 1320. The van der Waals surface area contributed by atoms with E-state index >= 15 is 0 Å². The molecule has 1 aromatic heterocycles. The first-order chi connectivity index (χ1) is 19.8. The lowest BCUT2D eigenvalue weighted by Gasteiger charge is -2.20. The lowest BCUT2D eigenvalue weighted by molar-refractivity contribution is -0.138. The molecule has 9 nitrogen and oxygen atoms in total. The molecule has 0 radical (unpaired) electrons. The van der Waals surface area contributed by atoms with Crippen molar-refractivity contribution in [3.8, 4) is 21.6 Å². The van der Waals surface area contributed by atoms with Crippen LogP contribution in [0.3, 0.4) is 0 Å². The molecule has 0 saturated carbocycles. The molecule has 0 aliphatic rings. The maximum Gasteiger partial charge on any atom is 0.303 e. The topological polar surface area (TPSA) is 153 Å². The molecule has 2 atom stereocenters. The number of aryl methyl sites for hydroxylation is 1. The number of nitrogens with one attached hydrogen (secondary N) is 1. The number of Topliss-reactive ketones (excluding diaryl/α,β-unsaturated/α-hetero) is 1. The highest BCUT2D eigenvalue weighted by atomic mass is 32.1. The number of carboxylic acid groups (broad SMARTS) is 1. The molecule has 0 spiro atoms. The van der Waals surface area contributed by atoms with Gasteiger partial charge >= 0.3 is 5.97 Å². The molecule has 0 aliphatic heterocycles. The van der Waals surface area contributed by atoms with Crippen molar-refractivity contribution in [3.05, 3.63) is 71.6 Å². The van der Waals surface area contributed by atoms with E-state index in [1.54, 1.807) is 11.3 Å². The number of carbonyl (C=O) groups is 5. The highest BCUT2D eigenvalue weighted by molar-refractivity contribution is 7.14. The molecule has 0 bridgehead atoms. The zero-order valence-electron chi connectivity index (χ0n) is 22.6. The van der Waals surface area contributed by atoms with Crippen molar-refractivity contribution >= 4 is 41.4 Å². The molecule has 1 heterocycles. The van der Waals surface area contributed by atoms with Crippen LogP contribution in [-0.4, -0.2) is 47.8 Å². The summed E-state index contributed by atoms with van der Waals surface area (Å²) in [6.07, 6.45) is 0.474. The molecule has 0 aliphatic carbocycles. The molecular weight excluding hydrogens is 544 g/mol. The van der Waals surface area contributed by atoms with Crippen LogP contribution < -0.4 is 11.1 Å². The van der Waals surface area contributed by atoms with Gasteiger partial charge in [-0.2, -0.15) is 0 Å². The number of nitrogens with two attached hydrogens (primary N) is 1. The van der Waals surface area contributed by atoms with E-state index < -0.39 is 29.6 Å². The molecule has 0 fully saturated rings. The first kappa shape index (κ1) is 31.2. The number of amides is 2. The maximum absolute atomic E-state index is 13.0. The van der Waals surface area contributed by atoms with E-state index in [1.807, 2.05) is 42.5 Å². The number of thiophene rings is 1. The first-order valence-electron chi connectivity index (χ1n) is 13.4. The Morgan fingerprint density at radius 2 is 1.68 bits per heavy atom. The van der Waals surface area contributed by atoms with Gasteiger partial charge in [-0.25, -0.2) is 0 Å². The van der Waals surface area contributed by atoms with E-state index in [0.29, 0.717) is 19.3 Å². The van der Waals surface area contributed by atoms with Crippen molar-refractivity contribution in [1.82, 2.24) is 5.32 Å². The van der Waals surface area contributed by atoms with Gasteiger partial charge in [0.15, 0.2) is 5.78 Å². The first-order valence-corrected chi connectivity index (χ1v) is 14.3. The number of carbonyl (C=O) groups excluding carboxylic acids is 4. The van der Waals surface area contributed by atoms with E-state index in [2.05, 4.69) is 33.6 Å². The van der Waals surface area contributed by atoms with Crippen molar-refractivity contribution in [3.63, 3.8) is 0 Å². The number of hydrogen-bond acceptors (Lipinski definition) is 7. The summed E-state index contributed by atoms with van der Waals surface area (Å²) < 4.78 is 4.68. The number of rotatable bonds is 18. The molecule has 3 rings (SSSR count). The second-order valence-corrected chi connectivity index (χ2v) is 10.6. The second kappa shape index (κ2) is 16.1. The number of primary amides is 1. The summed E-state index contributed by atoms with van der Waals surface area (Å²) in [7, 11) is 0. The molecule has 0 saturated heterocycles. The minimum absolute atomic E-state index is 0.0691. The Morgan fingerprint density at radius 1 is 0.951 bits per heavy atom. The molecule has 0 unspecified atom stereocenters. The average molecular weight is 579 g/mol. The van der Waals surface area contributed by atoms with Crippen LogP contribution in [0.25, 0.3) is 21.6 Å². The van der Waals surface area contributed by atoms with Crippen molar-refractivity contribution in [2.75, 3.05) is 6.61 Å². The molecule has 41 heavy (non-hydrogen) atoms. The largest absolute Gasteiger partial charge is 0.481 e. The fourth-order valence-electron chi connectivity index (χ4n) is 4.39. The highest BCUT2D eigenvalue weighted by Gasteiger charge is 2.26. The van der Waals surface area contributed by atoms with Gasteiger partial charge in [0.25, 0.3) is 6.47 Å². The Balaban J connectivity index is 1.57. The van der Waals surface area contributed by atoms with Crippen LogP contribution in [0.2, 0.25) is 0 Å². The Kier molecular flexibility index (Phi) is 12.2. The van der Waals surface area contributed by atoms with Crippen molar-refractivity contribution < 1.29 is 33.8 Å². The number of hydrogen-bond donors (Lipinski definition) is 3. The van der Waals surface area contributed by atoms with E-state index in [-0.39, 0.29) is 44.6 Å². The predicted octanol–water partition coefficient (Wildman–Crippen LogP) is 4.38. The lowest BCUT2D eigenvalue weighted by Crippen LogP contribution is -2.42. The number of ketones is 1. The quantitative estimate of drug-likeness (QED) is 0.150. The second-order valence-electron chi connectivity index (χ2n) is 9.69. The Labute approximate surface area is 242 Å². The molecule has 3 aromatic rings. The summed E-state index contributed by atoms with van der Waals surface area (Å²) in [5.41, 5.74) is 9.75. The van der Waals surface area contributed by atoms with Crippen LogP contribution in [0, 0.1) is 5.92 Å². The summed E-state index contributed by atoms with van der Waals surface area (Å²) in [6.45, 7) is 0.376. The Morgan fingerprint density at radius 3 is 2.34 bits per heavy atom. The highest BCUT2D eigenvalue weighted by Crippen LogP contribution is 2.32.